The van der Waals surface area contributed by atoms with Crippen LogP contribution >= 0.6 is 23.1 Å². The summed E-state index contributed by atoms with van der Waals surface area (Å²) in [6.45, 7) is 2.35. The third-order valence-electron chi connectivity index (χ3n) is 4.14. The molecular formula is C20H22N2O4S3. The monoisotopic (exact) mass is 450 g/mol. The number of sulfonamides is 1. The van der Waals surface area contributed by atoms with Gasteiger partial charge in [0.1, 0.15) is 5.76 Å². The minimum Gasteiger partial charge on any atom is -0.468 e. The van der Waals surface area contributed by atoms with E-state index in [0.29, 0.717) is 17.9 Å². The second kappa shape index (κ2) is 10.1. The first-order valence-corrected chi connectivity index (χ1v) is 12.5. The van der Waals surface area contributed by atoms with E-state index in [2.05, 4.69) is 16.1 Å². The highest BCUT2D eigenvalue weighted by atomic mass is 32.2. The van der Waals surface area contributed by atoms with Gasteiger partial charge >= 0.3 is 0 Å². The van der Waals surface area contributed by atoms with Crippen molar-refractivity contribution in [2.24, 2.45) is 0 Å². The summed E-state index contributed by atoms with van der Waals surface area (Å²) in [6.07, 6.45) is 1.48. The van der Waals surface area contributed by atoms with Crippen LogP contribution < -0.4 is 10.0 Å². The fourth-order valence-corrected chi connectivity index (χ4v) is 5.29. The molecule has 29 heavy (non-hydrogen) atoms. The number of hydrogen-bond donors (Lipinski definition) is 2. The molecule has 0 aliphatic rings. The maximum Gasteiger partial charge on any atom is 0.251 e. The van der Waals surface area contributed by atoms with Gasteiger partial charge in [-0.15, -0.1) is 11.3 Å². The standard InChI is InChI=1S/C20H22N2O4S3/c1-15-6-7-18(29(24,25)22-13-16-4-2-9-26-16)12-19(15)20(23)21-8-11-27-14-17-5-3-10-28-17/h2-7,9-10,12,22H,8,11,13-14H2,1H3,(H,21,23). The van der Waals surface area contributed by atoms with E-state index >= 15 is 0 Å². The third-order valence-corrected chi connectivity index (χ3v) is 7.60. The zero-order valence-corrected chi connectivity index (χ0v) is 18.3. The first-order valence-electron chi connectivity index (χ1n) is 8.97. The smallest absolute Gasteiger partial charge is 0.251 e. The first-order chi connectivity index (χ1) is 14.0. The van der Waals surface area contributed by atoms with E-state index in [1.807, 2.05) is 11.4 Å². The number of hydrogen-bond acceptors (Lipinski definition) is 6. The van der Waals surface area contributed by atoms with Gasteiger partial charge in [0.25, 0.3) is 5.91 Å². The molecule has 0 aliphatic carbocycles. The Hall–Kier alpha value is -2.07. The number of furan rings is 1. The lowest BCUT2D eigenvalue weighted by atomic mass is 10.1. The van der Waals surface area contributed by atoms with Crippen molar-refractivity contribution in [3.05, 3.63) is 75.9 Å². The Labute approximate surface area is 178 Å². The Morgan fingerprint density at radius 1 is 1.21 bits per heavy atom. The summed E-state index contributed by atoms with van der Waals surface area (Å²) in [5, 5.41) is 4.91. The highest BCUT2D eigenvalue weighted by Crippen LogP contribution is 2.18. The number of nitrogens with one attached hydrogen (secondary N) is 2. The second-order valence-corrected chi connectivity index (χ2v) is 10.2. The normalized spacial score (nSPS) is 11.5. The molecule has 0 saturated carbocycles. The molecule has 2 N–H and O–H groups in total. The van der Waals surface area contributed by atoms with Crippen molar-refractivity contribution in [2.45, 2.75) is 24.1 Å². The molecule has 0 saturated heterocycles. The molecule has 0 aliphatic heterocycles. The van der Waals surface area contributed by atoms with Crippen LogP contribution in [-0.2, 0) is 22.3 Å². The molecule has 0 spiro atoms. The van der Waals surface area contributed by atoms with Crippen molar-refractivity contribution in [2.75, 3.05) is 12.3 Å². The summed E-state index contributed by atoms with van der Waals surface area (Å²) in [5.41, 5.74) is 1.08. The van der Waals surface area contributed by atoms with Crippen molar-refractivity contribution in [3.63, 3.8) is 0 Å². The largest absolute Gasteiger partial charge is 0.468 e. The Bertz CT molecular complexity index is 1030. The summed E-state index contributed by atoms with van der Waals surface area (Å²) in [5.74, 6) is 1.94. The predicted octanol–water partition coefficient (Wildman–Crippen LogP) is 3.79. The minimum absolute atomic E-state index is 0.0478. The number of benzene rings is 1. The van der Waals surface area contributed by atoms with Gasteiger partial charge < -0.3 is 9.73 Å². The van der Waals surface area contributed by atoms with E-state index in [1.54, 1.807) is 48.2 Å². The number of rotatable bonds is 10. The molecule has 1 aromatic carbocycles. The maximum absolute atomic E-state index is 12.5. The van der Waals surface area contributed by atoms with Crippen LogP contribution in [0.1, 0.15) is 26.6 Å². The molecule has 0 unspecified atom stereocenters. The van der Waals surface area contributed by atoms with Crippen LogP contribution in [-0.4, -0.2) is 26.6 Å². The average Bonchev–Trinajstić information content (AvgIpc) is 3.40. The van der Waals surface area contributed by atoms with Crippen molar-refractivity contribution < 1.29 is 17.6 Å². The molecule has 0 fully saturated rings. The number of carbonyl (C=O) groups is 1. The predicted molar refractivity (Wildman–Crippen MR) is 117 cm³/mol. The molecule has 154 valence electrons. The zero-order valence-electron chi connectivity index (χ0n) is 15.9. The molecule has 0 atom stereocenters. The number of carbonyl (C=O) groups excluding carboxylic acids is 1. The van der Waals surface area contributed by atoms with Gasteiger partial charge in [-0.3, -0.25) is 4.79 Å². The molecule has 9 heteroatoms. The fraction of sp³-hybridized carbons (Fsp3) is 0.250. The lowest BCUT2D eigenvalue weighted by molar-refractivity contribution is 0.0955. The lowest BCUT2D eigenvalue weighted by Crippen LogP contribution is -2.27. The van der Waals surface area contributed by atoms with E-state index in [-0.39, 0.29) is 17.3 Å². The molecule has 0 radical (unpaired) electrons. The number of thioether (sulfide) groups is 1. The minimum atomic E-state index is -3.76. The molecule has 3 rings (SSSR count). The van der Waals surface area contributed by atoms with E-state index in [4.69, 9.17) is 4.42 Å². The summed E-state index contributed by atoms with van der Waals surface area (Å²) in [6, 6.07) is 12.0. The van der Waals surface area contributed by atoms with E-state index in [9.17, 15) is 13.2 Å². The number of aryl methyl sites for hydroxylation is 1. The topological polar surface area (TPSA) is 88.4 Å². The number of thiophene rings is 1. The Kier molecular flexibility index (Phi) is 7.54. The van der Waals surface area contributed by atoms with Crippen molar-refractivity contribution in [3.8, 4) is 0 Å². The summed E-state index contributed by atoms with van der Waals surface area (Å²) in [4.78, 5) is 13.9. The summed E-state index contributed by atoms with van der Waals surface area (Å²) >= 11 is 3.46. The van der Waals surface area contributed by atoms with Crippen LogP contribution in [0.3, 0.4) is 0 Å². The van der Waals surface area contributed by atoms with Crippen LogP contribution in [0.25, 0.3) is 0 Å². The van der Waals surface area contributed by atoms with Crippen LogP contribution in [0.5, 0.6) is 0 Å². The molecular weight excluding hydrogens is 428 g/mol. The Morgan fingerprint density at radius 2 is 2.07 bits per heavy atom. The lowest BCUT2D eigenvalue weighted by Gasteiger charge is -2.11. The van der Waals surface area contributed by atoms with Crippen molar-refractivity contribution >= 4 is 39.0 Å². The molecule has 2 aromatic heterocycles. The fourth-order valence-electron chi connectivity index (χ4n) is 2.57. The van der Waals surface area contributed by atoms with E-state index < -0.39 is 10.0 Å². The van der Waals surface area contributed by atoms with Crippen LogP contribution in [0.2, 0.25) is 0 Å². The first kappa shape index (κ1) is 21.6. The SMILES string of the molecule is Cc1ccc(S(=O)(=O)NCc2ccco2)cc1C(=O)NCCSCc1cccs1. The van der Waals surface area contributed by atoms with Gasteiger partial charge in [-0.25, -0.2) is 13.1 Å². The van der Waals surface area contributed by atoms with Gasteiger partial charge in [0, 0.05) is 28.5 Å². The third kappa shape index (κ3) is 6.20. The van der Waals surface area contributed by atoms with E-state index in [1.165, 1.54) is 23.3 Å². The quantitative estimate of drug-likeness (QED) is 0.459. The van der Waals surface area contributed by atoms with Gasteiger partial charge in [0.2, 0.25) is 10.0 Å². The highest BCUT2D eigenvalue weighted by Gasteiger charge is 2.18. The Morgan fingerprint density at radius 3 is 2.79 bits per heavy atom. The van der Waals surface area contributed by atoms with Crippen molar-refractivity contribution in [1.82, 2.24) is 10.0 Å². The van der Waals surface area contributed by atoms with E-state index in [0.717, 1.165) is 17.1 Å². The van der Waals surface area contributed by atoms with Crippen LogP contribution in [0, 0.1) is 6.92 Å². The molecule has 0 bridgehead atoms. The molecule has 2 heterocycles. The van der Waals surface area contributed by atoms with Gasteiger partial charge in [-0.1, -0.05) is 12.1 Å². The van der Waals surface area contributed by atoms with Gasteiger partial charge in [0.05, 0.1) is 17.7 Å². The number of amides is 1. The van der Waals surface area contributed by atoms with Crippen molar-refractivity contribution in [1.29, 1.82) is 0 Å². The summed E-state index contributed by atoms with van der Waals surface area (Å²) < 4.78 is 32.7. The molecule has 6 nitrogen and oxygen atoms in total. The average molecular weight is 451 g/mol. The Balaban J connectivity index is 1.56. The maximum atomic E-state index is 12.5. The molecule has 1 amide bonds. The summed E-state index contributed by atoms with van der Waals surface area (Å²) in [7, 11) is -3.76. The van der Waals surface area contributed by atoms with Gasteiger partial charge in [0.15, 0.2) is 0 Å². The second-order valence-electron chi connectivity index (χ2n) is 6.27. The highest BCUT2D eigenvalue weighted by molar-refractivity contribution is 7.98. The van der Waals surface area contributed by atoms with Gasteiger partial charge in [-0.05, 0) is 48.2 Å². The van der Waals surface area contributed by atoms with Crippen LogP contribution in [0.15, 0.2) is 63.4 Å². The van der Waals surface area contributed by atoms with Crippen LogP contribution in [0.4, 0.5) is 0 Å². The zero-order chi connectivity index (χ0) is 20.7. The van der Waals surface area contributed by atoms with Gasteiger partial charge in [-0.2, -0.15) is 11.8 Å². The molecule has 3 aromatic rings.